The first kappa shape index (κ1) is 16.6. The Labute approximate surface area is 150 Å². The van der Waals surface area contributed by atoms with E-state index in [9.17, 15) is 4.39 Å². The number of nitrogens with zero attached hydrogens (tertiary/aromatic N) is 1. The summed E-state index contributed by atoms with van der Waals surface area (Å²) >= 11 is 0. The minimum atomic E-state index is -0.418. The summed E-state index contributed by atoms with van der Waals surface area (Å²) in [7, 11) is 1.59. The van der Waals surface area contributed by atoms with Crippen LogP contribution in [0.25, 0.3) is 10.9 Å². The summed E-state index contributed by atoms with van der Waals surface area (Å²) in [6, 6.07) is 11.6. The maximum Gasteiger partial charge on any atom is 0.165 e. The lowest BCUT2D eigenvalue weighted by molar-refractivity contribution is 0.193. The topological polar surface area (TPSA) is 52.6 Å². The predicted octanol–water partition coefficient (Wildman–Crippen LogP) is 3.77. The van der Waals surface area contributed by atoms with Gasteiger partial charge in [-0.15, -0.1) is 0 Å². The summed E-state index contributed by atoms with van der Waals surface area (Å²) in [6.45, 7) is 2.56. The van der Waals surface area contributed by atoms with E-state index in [1.165, 1.54) is 6.07 Å². The molecule has 0 atom stereocenters. The molecule has 2 heterocycles. The zero-order valence-corrected chi connectivity index (χ0v) is 14.4. The van der Waals surface area contributed by atoms with Crippen LogP contribution in [-0.4, -0.2) is 31.8 Å². The number of hydrogen-bond donors (Lipinski definition) is 1. The third kappa shape index (κ3) is 3.28. The number of methoxy groups -OCH3 is 1. The normalized spacial score (nSPS) is 14.1. The summed E-state index contributed by atoms with van der Waals surface area (Å²) in [5, 5.41) is 3.95. The average Bonchev–Trinajstić information content (AvgIpc) is 2.62. The molecule has 0 bridgehead atoms. The zero-order chi connectivity index (χ0) is 17.9. The number of nitrogens with one attached hydrogen (secondary N) is 1. The Hall–Kier alpha value is -2.86. The Morgan fingerprint density at radius 1 is 1.08 bits per heavy atom. The van der Waals surface area contributed by atoms with Crippen molar-refractivity contribution in [2.75, 3.05) is 26.8 Å². The van der Waals surface area contributed by atoms with Gasteiger partial charge < -0.3 is 19.5 Å². The van der Waals surface area contributed by atoms with Gasteiger partial charge in [-0.25, -0.2) is 4.39 Å². The molecule has 1 aliphatic rings. The summed E-state index contributed by atoms with van der Waals surface area (Å²) in [5.74, 6) is 2.00. The van der Waals surface area contributed by atoms with Crippen LogP contribution in [0.2, 0.25) is 0 Å². The van der Waals surface area contributed by atoms with Crippen LogP contribution in [0.3, 0.4) is 0 Å². The van der Waals surface area contributed by atoms with Gasteiger partial charge in [0.05, 0.1) is 19.2 Å². The third-order valence-corrected chi connectivity index (χ3v) is 4.38. The van der Waals surface area contributed by atoms with Crippen molar-refractivity contribution >= 4 is 10.9 Å². The van der Waals surface area contributed by atoms with Gasteiger partial charge in [-0.2, -0.15) is 0 Å². The fraction of sp³-hybridized carbons (Fsp3) is 0.250. The van der Waals surface area contributed by atoms with Crippen LogP contribution in [0.1, 0.15) is 0 Å². The molecule has 5 nitrogen and oxygen atoms in total. The van der Waals surface area contributed by atoms with E-state index in [0.717, 1.165) is 18.5 Å². The molecule has 0 aliphatic carbocycles. The molecule has 0 radical (unpaired) electrons. The number of halogens is 1. The largest absolute Gasteiger partial charge is 0.493 e. The second kappa shape index (κ2) is 7.17. The molecule has 1 aliphatic heterocycles. The van der Waals surface area contributed by atoms with Crippen molar-refractivity contribution in [1.82, 2.24) is 10.3 Å². The average molecular weight is 354 g/mol. The molecule has 0 saturated carbocycles. The van der Waals surface area contributed by atoms with Gasteiger partial charge >= 0.3 is 0 Å². The van der Waals surface area contributed by atoms with E-state index in [1.807, 2.05) is 12.1 Å². The van der Waals surface area contributed by atoms with E-state index in [2.05, 4.69) is 10.3 Å². The smallest absolute Gasteiger partial charge is 0.165 e. The van der Waals surface area contributed by atoms with E-state index in [-0.39, 0.29) is 5.75 Å². The van der Waals surface area contributed by atoms with Gasteiger partial charge in [0.2, 0.25) is 0 Å². The number of aromatic nitrogens is 1. The van der Waals surface area contributed by atoms with Crippen LogP contribution in [0, 0.1) is 11.7 Å². The number of rotatable bonds is 6. The van der Waals surface area contributed by atoms with Gasteiger partial charge in [-0.3, -0.25) is 4.98 Å². The summed E-state index contributed by atoms with van der Waals surface area (Å²) in [4.78, 5) is 4.38. The molecule has 1 N–H and O–H groups in total. The van der Waals surface area contributed by atoms with Crippen molar-refractivity contribution in [1.29, 1.82) is 0 Å². The van der Waals surface area contributed by atoms with Crippen LogP contribution in [-0.2, 0) is 0 Å². The van der Waals surface area contributed by atoms with Crippen molar-refractivity contribution in [3.05, 3.63) is 54.5 Å². The van der Waals surface area contributed by atoms with Crippen LogP contribution in [0.4, 0.5) is 4.39 Å². The molecular weight excluding hydrogens is 335 g/mol. The third-order valence-electron chi connectivity index (χ3n) is 4.38. The predicted molar refractivity (Wildman–Crippen MR) is 96.6 cm³/mol. The molecule has 1 aromatic heterocycles. The lowest BCUT2D eigenvalue weighted by atomic mass is 10.1. The molecular formula is C20H19FN2O3. The van der Waals surface area contributed by atoms with Crippen LogP contribution < -0.4 is 19.5 Å². The fourth-order valence-corrected chi connectivity index (χ4v) is 2.81. The lowest BCUT2D eigenvalue weighted by Crippen LogP contribution is -2.45. The Morgan fingerprint density at radius 2 is 1.92 bits per heavy atom. The highest BCUT2D eigenvalue weighted by Gasteiger charge is 2.19. The highest BCUT2D eigenvalue weighted by Crippen LogP contribution is 2.37. The second-order valence-electron chi connectivity index (χ2n) is 6.20. The van der Waals surface area contributed by atoms with Crippen molar-refractivity contribution in [3.8, 4) is 23.0 Å². The Bertz CT molecular complexity index is 928. The number of fused-ring (bicyclic) bond motifs is 1. The molecule has 1 saturated heterocycles. The first-order valence-electron chi connectivity index (χ1n) is 8.47. The number of hydrogen-bond acceptors (Lipinski definition) is 5. The zero-order valence-electron chi connectivity index (χ0n) is 14.4. The van der Waals surface area contributed by atoms with Crippen molar-refractivity contribution in [2.45, 2.75) is 0 Å². The van der Waals surface area contributed by atoms with E-state index >= 15 is 0 Å². The van der Waals surface area contributed by atoms with Gasteiger partial charge in [0.1, 0.15) is 5.75 Å². The molecule has 26 heavy (non-hydrogen) atoms. The number of benzene rings is 2. The Morgan fingerprint density at radius 3 is 2.65 bits per heavy atom. The second-order valence-corrected chi connectivity index (χ2v) is 6.20. The van der Waals surface area contributed by atoms with E-state index in [0.29, 0.717) is 35.3 Å². The maximum atomic E-state index is 13.9. The van der Waals surface area contributed by atoms with Gasteiger partial charge in [0.25, 0.3) is 0 Å². The molecule has 6 heteroatoms. The number of para-hydroxylation sites is 1. The molecule has 2 aromatic carbocycles. The van der Waals surface area contributed by atoms with Crippen LogP contribution >= 0.6 is 0 Å². The standard InChI is InChI=1S/C20H19FN2O3/c1-24-19-8-14-16(9-20(19)25-12-13-10-22-11-13)23-7-6-17(14)26-18-5-3-2-4-15(18)21/h2-9,13,22H,10-12H2,1H3. The molecule has 3 aromatic rings. The minimum Gasteiger partial charge on any atom is -0.493 e. The van der Waals surface area contributed by atoms with Crippen molar-refractivity contribution in [3.63, 3.8) is 0 Å². The van der Waals surface area contributed by atoms with Crippen molar-refractivity contribution < 1.29 is 18.6 Å². The summed E-state index contributed by atoms with van der Waals surface area (Å²) < 4.78 is 31.1. The highest BCUT2D eigenvalue weighted by atomic mass is 19.1. The maximum absolute atomic E-state index is 13.9. The molecule has 0 unspecified atom stereocenters. The first-order valence-corrected chi connectivity index (χ1v) is 8.47. The molecule has 0 amide bonds. The van der Waals surface area contributed by atoms with E-state index < -0.39 is 5.82 Å². The Balaban J connectivity index is 1.67. The Kier molecular flexibility index (Phi) is 4.58. The van der Waals surface area contributed by atoms with E-state index in [1.54, 1.807) is 37.6 Å². The fourth-order valence-electron chi connectivity index (χ4n) is 2.81. The van der Waals surface area contributed by atoms with Crippen molar-refractivity contribution in [2.24, 2.45) is 5.92 Å². The van der Waals surface area contributed by atoms with Gasteiger partial charge in [0, 0.05) is 36.7 Å². The monoisotopic (exact) mass is 354 g/mol. The van der Waals surface area contributed by atoms with E-state index in [4.69, 9.17) is 14.2 Å². The number of ether oxygens (including phenoxy) is 3. The quantitative estimate of drug-likeness (QED) is 0.730. The SMILES string of the molecule is COc1cc2c(Oc3ccccc3F)ccnc2cc1OCC1CNC1. The molecule has 134 valence electrons. The molecule has 1 fully saturated rings. The molecule has 0 spiro atoms. The minimum absolute atomic E-state index is 0.164. The molecule has 4 rings (SSSR count). The van der Waals surface area contributed by atoms with Crippen LogP contribution in [0.5, 0.6) is 23.0 Å². The summed E-state index contributed by atoms with van der Waals surface area (Å²) in [6.07, 6.45) is 1.63. The van der Waals surface area contributed by atoms with Gasteiger partial charge in [-0.1, -0.05) is 12.1 Å². The lowest BCUT2D eigenvalue weighted by Gasteiger charge is -2.27. The summed E-state index contributed by atoms with van der Waals surface area (Å²) in [5.41, 5.74) is 0.696. The highest BCUT2D eigenvalue weighted by molar-refractivity contribution is 5.88. The number of pyridine rings is 1. The van der Waals surface area contributed by atoms with Crippen LogP contribution in [0.15, 0.2) is 48.7 Å². The first-order chi connectivity index (χ1) is 12.7. The van der Waals surface area contributed by atoms with Gasteiger partial charge in [-0.05, 0) is 24.3 Å². The van der Waals surface area contributed by atoms with Gasteiger partial charge in [0.15, 0.2) is 23.1 Å².